The van der Waals surface area contributed by atoms with E-state index in [9.17, 15) is 4.79 Å². The molecule has 4 nitrogen and oxygen atoms in total. The molecule has 1 saturated carbocycles. The molecule has 1 N–H and O–H groups in total. The van der Waals surface area contributed by atoms with Crippen LogP contribution in [0, 0.1) is 0 Å². The van der Waals surface area contributed by atoms with Crippen molar-refractivity contribution in [2.75, 3.05) is 13.2 Å². The van der Waals surface area contributed by atoms with Crippen molar-refractivity contribution in [1.29, 1.82) is 0 Å². The summed E-state index contributed by atoms with van der Waals surface area (Å²) in [6.07, 6.45) is 2.24. The van der Waals surface area contributed by atoms with Gasteiger partial charge in [-0.2, -0.15) is 0 Å². The van der Waals surface area contributed by atoms with Gasteiger partial charge in [-0.05, 0) is 0 Å². The number of hydrogen-bond acceptors (Lipinski definition) is 4. The summed E-state index contributed by atoms with van der Waals surface area (Å²) < 4.78 is 10.9. The van der Waals surface area contributed by atoms with E-state index in [1.807, 2.05) is 0 Å². The van der Waals surface area contributed by atoms with E-state index in [0.717, 1.165) is 6.26 Å². The Morgan fingerprint density at radius 1 is 1.38 bits per heavy atom. The van der Waals surface area contributed by atoms with Gasteiger partial charge in [0.05, 0.1) is 19.5 Å². The second kappa shape index (κ2) is 3.12. The first-order valence-corrected chi connectivity index (χ1v) is 4.40. The highest BCUT2D eigenvalue weighted by Crippen LogP contribution is 2.36. The Morgan fingerprint density at radius 2 is 2.08 bits per heavy atom. The molecule has 0 aromatic carbocycles. The summed E-state index contributed by atoms with van der Waals surface area (Å²) in [5.41, 5.74) is 0.410. The summed E-state index contributed by atoms with van der Waals surface area (Å²) >= 11 is 0. The maximum atomic E-state index is 11.2. The van der Waals surface area contributed by atoms with Crippen LogP contribution in [-0.4, -0.2) is 29.9 Å². The molecule has 0 amide bonds. The van der Waals surface area contributed by atoms with Crippen LogP contribution in [0.15, 0.2) is 11.8 Å². The Bertz CT molecular complexity index is 250. The fourth-order valence-corrected chi connectivity index (χ4v) is 1.80. The molecule has 2 rings (SSSR count). The van der Waals surface area contributed by atoms with Crippen molar-refractivity contribution in [2.45, 2.75) is 25.0 Å². The van der Waals surface area contributed by atoms with Gasteiger partial charge < -0.3 is 14.6 Å². The van der Waals surface area contributed by atoms with Crippen molar-refractivity contribution < 1.29 is 19.4 Å². The van der Waals surface area contributed by atoms with Gasteiger partial charge in [0.1, 0.15) is 0 Å². The molecular weight excluding hydrogens is 172 g/mol. The lowest BCUT2D eigenvalue weighted by molar-refractivity contribution is -0.171. The van der Waals surface area contributed by atoms with E-state index in [1.165, 1.54) is 0 Å². The summed E-state index contributed by atoms with van der Waals surface area (Å²) in [6, 6.07) is 0. The van der Waals surface area contributed by atoms with E-state index < -0.39 is 5.79 Å². The first-order chi connectivity index (χ1) is 6.26. The van der Waals surface area contributed by atoms with Gasteiger partial charge in [-0.1, -0.05) is 0 Å². The number of ether oxygens (including phenoxy) is 2. The topological polar surface area (TPSA) is 55.8 Å². The van der Waals surface area contributed by atoms with Gasteiger partial charge in [0.25, 0.3) is 0 Å². The zero-order valence-corrected chi connectivity index (χ0v) is 7.28. The minimum absolute atomic E-state index is 0.00720. The van der Waals surface area contributed by atoms with Crippen LogP contribution in [0.5, 0.6) is 0 Å². The maximum Gasteiger partial charge on any atom is 0.173 e. The Hall–Kier alpha value is -0.870. The first-order valence-electron chi connectivity index (χ1n) is 4.40. The second-order valence-corrected chi connectivity index (χ2v) is 3.36. The Kier molecular flexibility index (Phi) is 2.09. The molecule has 4 heteroatoms. The molecule has 2 fully saturated rings. The van der Waals surface area contributed by atoms with Crippen LogP contribution in [0.4, 0.5) is 0 Å². The van der Waals surface area contributed by atoms with E-state index >= 15 is 0 Å². The fourth-order valence-electron chi connectivity index (χ4n) is 1.80. The molecule has 2 aliphatic rings. The SMILES string of the molecule is O=C1CCC2(C/C1=C\O)OCCO2. The highest BCUT2D eigenvalue weighted by molar-refractivity contribution is 5.96. The van der Waals surface area contributed by atoms with E-state index in [4.69, 9.17) is 14.6 Å². The van der Waals surface area contributed by atoms with Gasteiger partial charge >= 0.3 is 0 Å². The number of Topliss-reactive ketones (excluding diaryl/α,β-unsaturated/α-hetero) is 1. The molecule has 1 saturated heterocycles. The van der Waals surface area contributed by atoms with Gasteiger partial charge in [-0.3, -0.25) is 4.79 Å². The molecule has 0 radical (unpaired) electrons. The summed E-state index contributed by atoms with van der Waals surface area (Å²) in [6.45, 7) is 1.15. The third kappa shape index (κ3) is 1.47. The molecule has 0 aromatic heterocycles. The average Bonchev–Trinajstić information content (AvgIpc) is 2.59. The van der Waals surface area contributed by atoms with Crippen LogP contribution in [-0.2, 0) is 14.3 Å². The lowest BCUT2D eigenvalue weighted by atomic mass is 9.89. The molecule has 1 heterocycles. The van der Waals surface area contributed by atoms with Crippen LogP contribution in [0.2, 0.25) is 0 Å². The molecule has 0 unspecified atom stereocenters. The summed E-state index contributed by atoms with van der Waals surface area (Å²) in [5.74, 6) is -0.630. The predicted molar refractivity (Wildman–Crippen MR) is 44.2 cm³/mol. The average molecular weight is 184 g/mol. The number of aliphatic hydroxyl groups excluding tert-OH is 1. The third-order valence-corrected chi connectivity index (χ3v) is 2.52. The van der Waals surface area contributed by atoms with Crippen molar-refractivity contribution in [3.63, 3.8) is 0 Å². The number of ketones is 1. The third-order valence-electron chi connectivity index (χ3n) is 2.52. The molecule has 13 heavy (non-hydrogen) atoms. The lowest BCUT2D eigenvalue weighted by Crippen LogP contribution is -2.36. The maximum absolute atomic E-state index is 11.2. The Morgan fingerprint density at radius 3 is 2.69 bits per heavy atom. The standard InChI is InChI=1S/C9H12O4/c10-6-7-5-9(2-1-8(7)11)12-3-4-13-9/h6,10H,1-5H2/b7-6+. The molecule has 0 atom stereocenters. The van der Waals surface area contributed by atoms with Gasteiger partial charge in [0.2, 0.25) is 0 Å². The van der Waals surface area contributed by atoms with Crippen LogP contribution >= 0.6 is 0 Å². The Balaban J connectivity index is 2.14. The van der Waals surface area contributed by atoms with Gasteiger partial charge in [-0.15, -0.1) is 0 Å². The fraction of sp³-hybridized carbons (Fsp3) is 0.667. The summed E-state index contributed by atoms with van der Waals surface area (Å²) in [5, 5.41) is 8.81. The minimum atomic E-state index is -0.623. The molecule has 0 bridgehead atoms. The first kappa shape index (κ1) is 8.72. The minimum Gasteiger partial charge on any atom is -0.515 e. The zero-order valence-electron chi connectivity index (χ0n) is 7.28. The molecule has 1 spiro atoms. The van der Waals surface area contributed by atoms with Crippen molar-refractivity contribution in [1.82, 2.24) is 0 Å². The van der Waals surface area contributed by atoms with Crippen LogP contribution in [0.3, 0.4) is 0 Å². The number of hydrogen-bond donors (Lipinski definition) is 1. The van der Waals surface area contributed by atoms with E-state index in [0.29, 0.717) is 38.0 Å². The van der Waals surface area contributed by atoms with Crippen LogP contribution in [0.25, 0.3) is 0 Å². The van der Waals surface area contributed by atoms with Crippen molar-refractivity contribution in [3.8, 4) is 0 Å². The normalized spacial score (nSPS) is 30.2. The van der Waals surface area contributed by atoms with Crippen molar-refractivity contribution in [3.05, 3.63) is 11.8 Å². The molecule has 72 valence electrons. The lowest BCUT2D eigenvalue weighted by Gasteiger charge is -2.31. The van der Waals surface area contributed by atoms with E-state index in [-0.39, 0.29) is 5.78 Å². The summed E-state index contributed by atoms with van der Waals surface area (Å²) in [4.78, 5) is 11.2. The smallest absolute Gasteiger partial charge is 0.173 e. The van der Waals surface area contributed by atoms with Crippen molar-refractivity contribution >= 4 is 5.78 Å². The van der Waals surface area contributed by atoms with E-state index in [1.54, 1.807) is 0 Å². The van der Waals surface area contributed by atoms with E-state index in [2.05, 4.69) is 0 Å². The number of carbonyl (C=O) groups excluding carboxylic acids is 1. The quantitative estimate of drug-likeness (QED) is 0.449. The highest BCUT2D eigenvalue weighted by Gasteiger charge is 2.42. The molecule has 1 aliphatic heterocycles. The monoisotopic (exact) mass is 184 g/mol. The van der Waals surface area contributed by atoms with Crippen LogP contribution in [0.1, 0.15) is 19.3 Å². The summed E-state index contributed by atoms with van der Waals surface area (Å²) in [7, 11) is 0. The van der Waals surface area contributed by atoms with Gasteiger partial charge in [0, 0.05) is 24.8 Å². The Labute approximate surface area is 76.1 Å². The molecular formula is C9H12O4. The largest absolute Gasteiger partial charge is 0.515 e. The van der Waals surface area contributed by atoms with Crippen LogP contribution < -0.4 is 0 Å². The van der Waals surface area contributed by atoms with Crippen molar-refractivity contribution in [2.24, 2.45) is 0 Å². The molecule has 1 aliphatic carbocycles. The molecule has 0 aromatic rings. The number of aliphatic hydroxyl groups is 1. The van der Waals surface area contributed by atoms with Gasteiger partial charge in [0.15, 0.2) is 11.6 Å². The zero-order chi connectivity index (χ0) is 9.31. The number of rotatable bonds is 0. The second-order valence-electron chi connectivity index (χ2n) is 3.36. The predicted octanol–water partition coefficient (Wildman–Crippen LogP) is 0.924. The highest BCUT2D eigenvalue weighted by atomic mass is 16.7. The number of carbonyl (C=O) groups is 1. The van der Waals surface area contributed by atoms with Gasteiger partial charge in [-0.25, -0.2) is 0 Å².